The van der Waals surface area contributed by atoms with Crippen molar-refractivity contribution in [3.05, 3.63) is 0 Å². The second-order valence-electron chi connectivity index (χ2n) is 6.90. The molecule has 0 aromatic heterocycles. The normalized spacial score (nSPS) is 25.2. The number of urea groups is 1. The Morgan fingerprint density at radius 3 is 2.27 bits per heavy atom. The van der Waals surface area contributed by atoms with Crippen LogP contribution in [0.5, 0.6) is 0 Å². The number of hydrogen-bond donors (Lipinski definition) is 2. The number of amides is 3. The van der Waals surface area contributed by atoms with Gasteiger partial charge in [-0.25, -0.2) is 4.79 Å². The second kappa shape index (κ2) is 8.39. The summed E-state index contributed by atoms with van der Waals surface area (Å²) < 4.78 is 0. The standard InChI is InChI=1S/C17H31N3O2/c1-13-9-7-8-12-20(13)16(21)14(2)18-17(22)19-15-10-5-3-4-6-11-15/h13-15H,3-12H2,1-2H3,(H2,18,19,22)/t13-,14+/m1/s1. The molecular formula is C17H31N3O2. The van der Waals surface area contributed by atoms with E-state index in [2.05, 4.69) is 17.6 Å². The lowest BCUT2D eigenvalue weighted by atomic mass is 10.0. The van der Waals surface area contributed by atoms with Crippen LogP contribution in [0, 0.1) is 0 Å². The zero-order chi connectivity index (χ0) is 15.9. The van der Waals surface area contributed by atoms with Crippen LogP contribution >= 0.6 is 0 Å². The number of carbonyl (C=O) groups is 2. The van der Waals surface area contributed by atoms with E-state index in [-0.39, 0.29) is 24.0 Å². The van der Waals surface area contributed by atoms with E-state index < -0.39 is 6.04 Å². The molecule has 0 bridgehead atoms. The molecule has 2 atom stereocenters. The molecule has 1 heterocycles. The van der Waals surface area contributed by atoms with Crippen molar-refractivity contribution >= 4 is 11.9 Å². The average Bonchev–Trinajstić information content (AvgIpc) is 2.75. The van der Waals surface area contributed by atoms with Gasteiger partial charge in [0.25, 0.3) is 0 Å². The summed E-state index contributed by atoms with van der Waals surface area (Å²) in [6.07, 6.45) is 10.3. The molecule has 0 aromatic carbocycles. The van der Waals surface area contributed by atoms with Crippen LogP contribution in [0.4, 0.5) is 4.79 Å². The number of piperidine rings is 1. The van der Waals surface area contributed by atoms with Gasteiger partial charge >= 0.3 is 6.03 Å². The highest BCUT2D eigenvalue weighted by molar-refractivity contribution is 5.87. The Balaban J connectivity index is 1.78. The topological polar surface area (TPSA) is 61.4 Å². The van der Waals surface area contributed by atoms with Crippen molar-refractivity contribution < 1.29 is 9.59 Å². The van der Waals surface area contributed by atoms with E-state index in [1.807, 2.05) is 4.90 Å². The van der Waals surface area contributed by atoms with Crippen LogP contribution < -0.4 is 10.6 Å². The Hall–Kier alpha value is -1.26. The number of carbonyl (C=O) groups excluding carboxylic acids is 2. The molecule has 0 spiro atoms. The zero-order valence-electron chi connectivity index (χ0n) is 14.1. The molecule has 3 amide bonds. The summed E-state index contributed by atoms with van der Waals surface area (Å²) in [6.45, 7) is 4.70. The second-order valence-corrected chi connectivity index (χ2v) is 6.90. The first-order chi connectivity index (χ1) is 10.6. The SMILES string of the molecule is C[C@H](NC(=O)NC1CCCCCC1)C(=O)N1CCCC[C@H]1C. The fraction of sp³-hybridized carbons (Fsp3) is 0.882. The maximum atomic E-state index is 12.5. The maximum Gasteiger partial charge on any atom is 0.315 e. The van der Waals surface area contributed by atoms with Gasteiger partial charge < -0.3 is 15.5 Å². The lowest BCUT2D eigenvalue weighted by Crippen LogP contribution is -2.54. The minimum Gasteiger partial charge on any atom is -0.338 e. The molecule has 2 N–H and O–H groups in total. The Kier molecular flexibility index (Phi) is 6.52. The molecule has 0 radical (unpaired) electrons. The van der Waals surface area contributed by atoms with E-state index in [0.717, 1.165) is 32.2 Å². The molecule has 1 saturated heterocycles. The number of rotatable bonds is 3. The monoisotopic (exact) mass is 309 g/mol. The van der Waals surface area contributed by atoms with Gasteiger partial charge in [-0.15, -0.1) is 0 Å². The first kappa shape index (κ1) is 17.1. The fourth-order valence-corrected chi connectivity index (χ4v) is 3.58. The van der Waals surface area contributed by atoms with Gasteiger partial charge in [0.2, 0.25) is 5.91 Å². The van der Waals surface area contributed by atoms with Gasteiger partial charge in [-0.3, -0.25) is 4.79 Å². The highest BCUT2D eigenvalue weighted by atomic mass is 16.2. The fourth-order valence-electron chi connectivity index (χ4n) is 3.58. The Bertz CT molecular complexity index is 378. The van der Waals surface area contributed by atoms with Gasteiger partial charge in [-0.05, 0) is 46.0 Å². The van der Waals surface area contributed by atoms with Gasteiger partial charge in [-0.1, -0.05) is 25.7 Å². The van der Waals surface area contributed by atoms with E-state index >= 15 is 0 Å². The summed E-state index contributed by atoms with van der Waals surface area (Å²) in [5.74, 6) is 0.0446. The maximum absolute atomic E-state index is 12.5. The van der Waals surface area contributed by atoms with Crippen molar-refractivity contribution in [3.8, 4) is 0 Å². The Morgan fingerprint density at radius 1 is 1.00 bits per heavy atom. The Labute approximate surface area is 134 Å². The molecule has 0 aromatic rings. The molecule has 22 heavy (non-hydrogen) atoms. The van der Waals surface area contributed by atoms with Gasteiger partial charge in [0.05, 0.1) is 0 Å². The lowest BCUT2D eigenvalue weighted by molar-refractivity contribution is -0.136. The number of likely N-dealkylation sites (tertiary alicyclic amines) is 1. The number of nitrogens with zero attached hydrogens (tertiary/aromatic N) is 1. The van der Waals surface area contributed by atoms with Crippen LogP contribution in [0.25, 0.3) is 0 Å². The van der Waals surface area contributed by atoms with Crippen molar-refractivity contribution in [1.29, 1.82) is 0 Å². The molecule has 2 aliphatic rings. The third kappa shape index (κ3) is 4.89. The lowest BCUT2D eigenvalue weighted by Gasteiger charge is -2.35. The predicted octanol–water partition coefficient (Wildman–Crippen LogP) is 2.80. The summed E-state index contributed by atoms with van der Waals surface area (Å²) in [5.41, 5.74) is 0. The summed E-state index contributed by atoms with van der Waals surface area (Å²) in [4.78, 5) is 26.5. The van der Waals surface area contributed by atoms with Crippen LogP contribution in [0.1, 0.15) is 71.6 Å². The summed E-state index contributed by atoms with van der Waals surface area (Å²) in [5, 5.41) is 5.86. The van der Waals surface area contributed by atoms with E-state index in [1.165, 1.54) is 32.1 Å². The van der Waals surface area contributed by atoms with Crippen molar-refractivity contribution in [2.24, 2.45) is 0 Å². The van der Waals surface area contributed by atoms with Crippen LogP contribution in [0.15, 0.2) is 0 Å². The highest BCUT2D eigenvalue weighted by Gasteiger charge is 2.28. The zero-order valence-corrected chi connectivity index (χ0v) is 14.1. The first-order valence-corrected chi connectivity index (χ1v) is 8.95. The highest BCUT2D eigenvalue weighted by Crippen LogP contribution is 2.18. The van der Waals surface area contributed by atoms with E-state index in [4.69, 9.17) is 0 Å². The van der Waals surface area contributed by atoms with Crippen molar-refractivity contribution in [2.75, 3.05) is 6.54 Å². The van der Waals surface area contributed by atoms with Crippen molar-refractivity contribution in [3.63, 3.8) is 0 Å². The smallest absolute Gasteiger partial charge is 0.315 e. The summed E-state index contributed by atoms with van der Waals surface area (Å²) in [7, 11) is 0. The summed E-state index contributed by atoms with van der Waals surface area (Å²) in [6, 6.07) is -0.0992. The molecule has 126 valence electrons. The molecule has 5 heteroatoms. The minimum atomic E-state index is -0.452. The van der Waals surface area contributed by atoms with Crippen LogP contribution in [-0.4, -0.2) is 41.5 Å². The third-order valence-corrected chi connectivity index (χ3v) is 4.99. The van der Waals surface area contributed by atoms with Crippen LogP contribution in [0.2, 0.25) is 0 Å². The predicted molar refractivity (Wildman–Crippen MR) is 87.6 cm³/mol. The van der Waals surface area contributed by atoms with E-state index in [1.54, 1.807) is 6.92 Å². The molecule has 1 aliphatic carbocycles. The minimum absolute atomic E-state index is 0.0446. The Morgan fingerprint density at radius 2 is 1.64 bits per heavy atom. The molecule has 2 rings (SSSR count). The first-order valence-electron chi connectivity index (χ1n) is 8.95. The quantitative estimate of drug-likeness (QED) is 0.788. The molecule has 5 nitrogen and oxygen atoms in total. The van der Waals surface area contributed by atoms with E-state index in [9.17, 15) is 9.59 Å². The molecule has 0 unspecified atom stereocenters. The van der Waals surface area contributed by atoms with Crippen LogP contribution in [0.3, 0.4) is 0 Å². The third-order valence-electron chi connectivity index (χ3n) is 4.99. The summed E-state index contributed by atoms with van der Waals surface area (Å²) >= 11 is 0. The van der Waals surface area contributed by atoms with Crippen molar-refractivity contribution in [1.82, 2.24) is 15.5 Å². The van der Waals surface area contributed by atoms with Crippen LogP contribution in [-0.2, 0) is 4.79 Å². The number of nitrogens with one attached hydrogen (secondary N) is 2. The molecular weight excluding hydrogens is 278 g/mol. The van der Waals surface area contributed by atoms with Crippen molar-refractivity contribution in [2.45, 2.75) is 89.8 Å². The van der Waals surface area contributed by atoms with E-state index in [0.29, 0.717) is 0 Å². The van der Waals surface area contributed by atoms with Gasteiger partial charge in [0, 0.05) is 18.6 Å². The molecule has 1 aliphatic heterocycles. The largest absolute Gasteiger partial charge is 0.338 e. The van der Waals surface area contributed by atoms with Gasteiger partial charge in [0.1, 0.15) is 6.04 Å². The average molecular weight is 309 g/mol. The van der Waals surface area contributed by atoms with Gasteiger partial charge in [0.15, 0.2) is 0 Å². The molecule has 2 fully saturated rings. The molecule has 1 saturated carbocycles. The number of hydrogen-bond acceptors (Lipinski definition) is 2. The van der Waals surface area contributed by atoms with Gasteiger partial charge in [-0.2, -0.15) is 0 Å².